The van der Waals surface area contributed by atoms with Crippen LogP contribution in [0.15, 0.2) is 18.2 Å². The Morgan fingerprint density at radius 3 is 2.94 bits per heavy atom. The average molecular weight is 244 g/mol. The van der Waals surface area contributed by atoms with Crippen LogP contribution in [-0.4, -0.2) is 30.5 Å². The molecule has 88 valence electrons. The molecular weight excluding hydrogens is 230 g/mol. The highest BCUT2D eigenvalue weighted by Gasteiger charge is 2.11. The molecule has 0 atom stereocenters. The van der Waals surface area contributed by atoms with E-state index in [0.717, 1.165) is 0 Å². The minimum Gasteiger partial charge on any atom is -0.507 e. The molecule has 0 saturated carbocycles. The third-order valence-electron chi connectivity index (χ3n) is 2.04. The van der Waals surface area contributed by atoms with E-state index < -0.39 is 0 Å². The van der Waals surface area contributed by atoms with Crippen LogP contribution in [0.25, 0.3) is 0 Å². The van der Waals surface area contributed by atoms with Gasteiger partial charge in [0.05, 0.1) is 12.7 Å². The maximum absolute atomic E-state index is 11.6. The number of methoxy groups -OCH3 is 1. The normalized spacial score (nSPS) is 9.88. The Bertz CT molecular complexity index is 368. The van der Waals surface area contributed by atoms with Gasteiger partial charge in [0.1, 0.15) is 11.5 Å². The van der Waals surface area contributed by atoms with Crippen LogP contribution in [-0.2, 0) is 0 Å². The fourth-order valence-electron chi connectivity index (χ4n) is 1.19. The van der Waals surface area contributed by atoms with E-state index in [9.17, 15) is 9.90 Å². The zero-order valence-corrected chi connectivity index (χ0v) is 9.75. The summed E-state index contributed by atoms with van der Waals surface area (Å²) in [5.74, 6) is 0.621. The van der Waals surface area contributed by atoms with E-state index in [-0.39, 0.29) is 17.2 Å². The summed E-state index contributed by atoms with van der Waals surface area (Å²) in [6.07, 6.45) is 0.692. The molecule has 1 amide bonds. The lowest BCUT2D eigenvalue weighted by molar-refractivity contribution is 0.0951. The molecule has 0 saturated heterocycles. The Kier molecular flexibility index (Phi) is 4.92. The largest absolute Gasteiger partial charge is 0.507 e. The number of alkyl halides is 1. The highest BCUT2D eigenvalue weighted by atomic mass is 35.5. The molecular formula is C11H14ClNO3. The first kappa shape index (κ1) is 12.6. The maximum atomic E-state index is 11.6. The lowest BCUT2D eigenvalue weighted by atomic mass is 10.1. The second kappa shape index (κ2) is 6.23. The van der Waals surface area contributed by atoms with Crippen LogP contribution in [0.3, 0.4) is 0 Å². The third kappa shape index (κ3) is 3.31. The Hall–Kier alpha value is -1.42. The zero-order chi connectivity index (χ0) is 12.0. The third-order valence-corrected chi connectivity index (χ3v) is 2.31. The summed E-state index contributed by atoms with van der Waals surface area (Å²) < 4.78 is 4.97. The maximum Gasteiger partial charge on any atom is 0.255 e. The van der Waals surface area contributed by atoms with Crippen molar-refractivity contribution in [1.82, 2.24) is 5.32 Å². The number of nitrogens with one attached hydrogen (secondary N) is 1. The molecule has 0 unspecified atom stereocenters. The van der Waals surface area contributed by atoms with Gasteiger partial charge in [-0.05, 0) is 24.6 Å². The molecule has 0 fully saturated rings. The minimum atomic E-state index is -0.332. The quantitative estimate of drug-likeness (QED) is 0.612. The van der Waals surface area contributed by atoms with Crippen LogP contribution in [0.4, 0.5) is 0 Å². The highest BCUT2D eigenvalue weighted by Crippen LogP contribution is 2.22. The van der Waals surface area contributed by atoms with E-state index in [4.69, 9.17) is 16.3 Å². The van der Waals surface area contributed by atoms with E-state index in [0.29, 0.717) is 24.6 Å². The first-order valence-corrected chi connectivity index (χ1v) is 5.43. The number of carbonyl (C=O) groups excluding carboxylic acids is 1. The Morgan fingerprint density at radius 2 is 2.31 bits per heavy atom. The number of carbonyl (C=O) groups is 1. The minimum absolute atomic E-state index is 0.0656. The van der Waals surface area contributed by atoms with E-state index in [1.165, 1.54) is 19.2 Å². The molecule has 16 heavy (non-hydrogen) atoms. The van der Waals surface area contributed by atoms with Crippen molar-refractivity contribution in [2.75, 3.05) is 19.5 Å². The second-order valence-electron chi connectivity index (χ2n) is 3.18. The van der Waals surface area contributed by atoms with Gasteiger partial charge in [-0.15, -0.1) is 11.6 Å². The first-order valence-electron chi connectivity index (χ1n) is 4.90. The number of aromatic hydroxyl groups is 1. The van der Waals surface area contributed by atoms with Crippen molar-refractivity contribution >= 4 is 17.5 Å². The number of phenols is 1. The molecule has 0 aliphatic heterocycles. The summed E-state index contributed by atoms with van der Waals surface area (Å²) in [7, 11) is 1.50. The van der Waals surface area contributed by atoms with Crippen LogP contribution in [0.5, 0.6) is 11.5 Å². The van der Waals surface area contributed by atoms with Crippen LogP contribution < -0.4 is 10.1 Å². The van der Waals surface area contributed by atoms with Crippen molar-refractivity contribution in [1.29, 1.82) is 0 Å². The topological polar surface area (TPSA) is 58.6 Å². The molecule has 1 aromatic rings. The first-order chi connectivity index (χ1) is 7.69. The fraction of sp³-hybridized carbons (Fsp3) is 0.364. The van der Waals surface area contributed by atoms with Crippen molar-refractivity contribution in [2.45, 2.75) is 6.42 Å². The molecule has 0 spiro atoms. The van der Waals surface area contributed by atoms with Gasteiger partial charge < -0.3 is 15.2 Å². The van der Waals surface area contributed by atoms with Gasteiger partial charge in [0.15, 0.2) is 0 Å². The van der Waals surface area contributed by atoms with Gasteiger partial charge in [-0.1, -0.05) is 0 Å². The summed E-state index contributed by atoms with van der Waals surface area (Å²) in [5.41, 5.74) is 0.203. The predicted octanol–water partition coefficient (Wildman–Crippen LogP) is 1.76. The Balaban J connectivity index is 2.73. The van der Waals surface area contributed by atoms with Gasteiger partial charge in [-0.25, -0.2) is 0 Å². The Morgan fingerprint density at radius 1 is 1.56 bits per heavy atom. The molecule has 0 bridgehead atoms. The molecule has 0 heterocycles. The van der Waals surface area contributed by atoms with Crippen molar-refractivity contribution in [2.24, 2.45) is 0 Å². The van der Waals surface area contributed by atoms with Gasteiger partial charge in [-0.2, -0.15) is 0 Å². The van der Waals surface area contributed by atoms with E-state index >= 15 is 0 Å². The van der Waals surface area contributed by atoms with E-state index in [2.05, 4.69) is 5.32 Å². The fourth-order valence-corrected chi connectivity index (χ4v) is 1.32. The molecule has 0 aliphatic carbocycles. The van der Waals surface area contributed by atoms with Gasteiger partial charge in [0, 0.05) is 12.4 Å². The standard InChI is InChI=1S/C11H14ClNO3/c1-16-8-3-4-10(14)9(7-8)11(15)13-6-2-5-12/h3-4,7,14H,2,5-6H2,1H3,(H,13,15). The number of benzene rings is 1. The van der Waals surface area contributed by atoms with Crippen LogP contribution in [0.2, 0.25) is 0 Å². The summed E-state index contributed by atoms with van der Waals surface area (Å²) >= 11 is 5.49. The monoisotopic (exact) mass is 243 g/mol. The number of rotatable bonds is 5. The van der Waals surface area contributed by atoms with Crippen LogP contribution in [0.1, 0.15) is 16.8 Å². The molecule has 1 rings (SSSR count). The lowest BCUT2D eigenvalue weighted by Crippen LogP contribution is -2.24. The van der Waals surface area contributed by atoms with Crippen molar-refractivity contribution in [3.05, 3.63) is 23.8 Å². The van der Waals surface area contributed by atoms with Gasteiger partial charge in [-0.3, -0.25) is 4.79 Å². The van der Waals surface area contributed by atoms with Crippen LogP contribution >= 0.6 is 11.6 Å². The van der Waals surface area contributed by atoms with Gasteiger partial charge in [0.2, 0.25) is 0 Å². The molecule has 0 radical (unpaired) electrons. The number of phenolic OH excluding ortho intramolecular Hbond substituents is 1. The second-order valence-corrected chi connectivity index (χ2v) is 3.56. The van der Waals surface area contributed by atoms with Gasteiger partial charge >= 0.3 is 0 Å². The number of amides is 1. The Labute approximate surface area is 99.2 Å². The number of halogens is 1. The van der Waals surface area contributed by atoms with Gasteiger partial charge in [0.25, 0.3) is 5.91 Å². The number of hydrogen-bond donors (Lipinski definition) is 2. The molecule has 5 heteroatoms. The molecule has 0 aliphatic rings. The van der Waals surface area contributed by atoms with E-state index in [1.54, 1.807) is 6.07 Å². The van der Waals surface area contributed by atoms with Crippen LogP contribution in [0, 0.1) is 0 Å². The summed E-state index contributed by atoms with van der Waals surface area (Å²) in [6.45, 7) is 0.485. The van der Waals surface area contributed by atoms with Crippen molar-refractivity contribution < 1.29 is 14.6 Å². The smallest absolute Gasteiger partial charge is 0.255 e. The van der Waals surface area contributed by atoms with Crippen molar-refractivity contribution in [3.8, 4) is 11.5 Å². The summed E-state index contributed by atoms with van der Waals surface area (Å²) in [5, 5.41) is 12.2. The zero-order valence-electron chi connectivity index (χ0n) is 9.00. The SMILES string of the molecule is COc1ccc(O)c(C(=O)NCCCCl)c1. The van der Waals surface area contributed by atoms with Crippen molar-refractivity contribution in [3.63, 3.8) is 0 Å². The van der Waals surface area contributed by atoms with E-state index in [1.807, 2.05) is 0 Å². The summed E-state index contributed by atoms with van der Waals surface area (Å²) in [6, 6.07) is 4.51. The molecule has 2 N–H and O–H groups in total. The molecule has 0 aromatic heterocycles. The number of hydrogen-bond acceptors (Lipinski definition) is 3. The molecule has 4 nitrogen and oxygen atoms in total. The predicted molar refractivity (Wildman–Crippen MR) is 62.3 cm³/mol. The number of ether oxygens (including phenoxy) is 1. The highest BCUT2D eigenvalue weighted by molar-refractivity contribution is 6.17. The molecule has 1 aromatic carbocycles. The average Bonchev–Trinajstić information content (AvgIpc) is 2.30. The summed E-state index contributed by atoms with van der Waals surface area (Å²) in [4.78, 5) is 11.6. The lowest BCUT2D eigenvalue weighted by Gasteiger charge is -2.07.